The molecule has 0 bridgehead atoms. The van der Waals surface area contributed by atoms with Gasteiger partial charge in [-0.25, -0.2) is 0 Å². The van der Waals surface area contributed by atoms with Crippen LogP contribution in [0.5, 0.6) is 0 Å². The van der Waals surface area contributed by atoms with Crippen LogP contribution in [0.2, 0.25) is 0 Å². The summed E-state index contributed by atoms with van der Waals surface area (Å²) in [6, 6.07) is 12.6. The van der Waals surface area contributed by atoms with E-state index in [-0.39, 0.29) is 0 Å². The van der Waals surface area contributed by atoms with Crippen LogP contribution < -0.4 is 5.73 Å². The van der Waals surface area contributed by atoms with Crippen LogP contribution in [0.3, 0.4) is 0 Å². The van der Waals surface area contributed by atoms with Crippen molar-refractivity contribution in [3.8, 4) is 0 Å². The molecule has 0 spiro atoms. The molecule has 72 valence electrons. The number of halogens is 1. The Labute approximate surface area is 92.1 Å². The summed E-state index contributed by atoms with van der Waals surface area (Å²) in [6.45, 7) is 0.700. The Bertz CT molecular complexity index is 451. The van der Waals surface area contributed by atoms with Crippen molar-refractivity contribution in [3.05, 3.63) is 46.4 Å². The van der Waals surface area contributed by atoms with Gasteiger partial charge in [-0.3, -0.25) is 0 Å². The van der Waals surface area contributed by atoms with Crippen molar-refractivity contribution in [2.45, 2.75) is 6.42 Å². The Morgan fingerprint density at radius 1 is 1.00 bits per heavy atom. The normalized spacial score (nSPS) is 10.7. The van der Waals surface area contributed by atoms with Crippen molar-refractivity contribution < 1.29 is 0 Å². The predicted molar refractivity (Wildman–Crippen MR) is 64.4 cm³/mol. The van der Waals surface area contributed by atoms with Gasteiger partial charge in [0.05, 0.1) is 0 Å². The highest BCUT2D eigenvalue weighted by Gasteiger charge is 2.02. The van der Waals surface area contributed by atoms with Crippen LogP contribution in [0, 0.1) is 0 Å². The molecule has 0 fully saturated rings. The number of rotatable bonds is 2. The molecule has 0 amide bonds. The number of fused-ring (bicyclic) bond motifs is 1. The summed E-state index contributed by atoms with van der Waals surface area (Å²) < 4.78 is 1.15. The van der Waals surface area contributed by atoms with Crippen LogP contribution >= 0.6 is 15.9 Å². The molecule has 14 heavy (non-hydrogen) atoms. The zero-order chi connectivity index (χ0) is 9.97. The van der Waals surface area contributed by atoms with Gasteiger partial charge in [0, 0.05) is 4.47 Å². The van der Waals surface area contributed by atoms with Gasteiger partial charge in [0.1, 0.15) is 0 Å². The smallest absolute Gasteiger partial charge is 0.0253 e. The van der Waals surface area contributed by atoms with Crippen LogP contribution in [-0.4, -0.2) is 6.54 Å². The molecule has 0 aliphatic rings. The molecule has 0 aliphatic carbocycles. The van der Waals surface area contributed by atoms with Gasteiger partial charge in [0.2, 0.25) is 0 Å². The van der Waals surface area contributed by atoms with Crippen molar-refractivity contribution in [1.82, 2.24) is 0 Å². The van der Waals surface area contributed by atoms with E-state index in [0.717, 1.165) is 10.9 Å². The van der Waals surface area contributed by atoms with Crippen LogP contribution in [-0.2, 0) is 6.42 Å². The third-order valence-electron chi connectivity index (χ3n) is 2.37. The molecule has 2 aromatic carbocycles. The maximum atomic E-state index is 5.58. The first-order valence-electron chi connectivity index (χ1n) is 4.69. The van der Waals surface area contributed by atoms with E-state index in [1.54, 1.807) is 0 Å². The minimum atomic E-state index is 0.700. The van der Waals surface area contributed by atoms with E-state index in [1.807, 2.05) is 0 Å². The summed E-state index contributed by atoms with van der Waals surface area (Å²) in [5.41, 5.74) is 6.90. The van der Waals surface area contributed by atoms with Crippen molar-refractivity contribution >= 4 is 26.7 Å². The zero-order valence-corrected chi connectivity index (χ0v) is 9.42. The first-order valence-corrected chi connectivity index (χ1v) is 5.48. The second-order valence-corrected chi connectivity index (χ2v) is 4.15. The quantitative estimate of drug-likeness (QED) is 0.870. The average molecular weight is 250 g/mol. The lowest BCUT2D eigenvalue weighted by atomic mass is 10.0. The van der Waals surface area contributed by atoms with Gasteiger partial charge in [-0.1, -0.05) is 46.3 Å². The number of hydrogen-bond acceptors (Lipinski definition) is 1. The maximum Gasteiger partial charge on any atom is 0.0253 e. The lowest BCUT2D eigenvalue weighted by Gasteiger charge is -2.06. The summed E-state index contributed by atoms with van der Waals surface area (Å²) in [7, 11) is 0. The highest BCUT2D eigenvalue weighted by atomic mass is 79.9. The second kappa shape index (κ2) is 4.11. The summed E-state index contributed by atoms with van der Waals surface area (Å²) in [4.78, 5) is 0. The zero-order valence-electron chi connectivity index (χ0n) is 7.83. The van der Waals surface area contributed by atoms with Gasteiger partial charge in [0.25, 0.3) is 0 Å². The SMILES string of the molecule is NCCc1ccc(Br)c2ccccc12. The monoisotopic (exact) mass is 249 g/mol. The first kappa shape index (κ1) is 9.69. The van der Waals surface area contributed by atoms with Crippen molar-refractivity contribution in [1.29, 1.82) is 0 Å². The summed E-state index contributed by atoms with van der Waals surface area (Å²) in [5, 5.41) is 2.56. The Balaban J connectivity index is 2.68. The summed E-state index contributed by atoms with van der Waals surface area (Å²) in [6.07, 6.45) is 0.938. The fourth-order valence-corrected chi connectivity index (χ4v) is 2.18. The molecule has 0 unspecified atom stereocenters. The highest BCUT2D eigenvalue weighted by molar-refractivity contribution is 9.10. The van der Waals surface area contributed by atoms with Gasteiger partial charge in [-0.05, 0) is 35.4 Å². The van der Waals surface area contributed by atoms with Gasteiger partial charge in [0.15, 0.2) is 0 Å². The van der Waals surface area contributed by atoms with Crippen LogP contribution in [0.4, 0.5) is 0 Å². The van der Waals surface area contributed by atoms with E-state index in [2.05, 4.69) is 52.3 Å². The molecule has 2 heteroatoms. The standard InChI is InChI=1S/C12H12BrN/c13-12-6-5-9(7-8-14)10-3-1-2-4-11(10)12/h1-6H,7-8,14H2. The molecule has 0 atom stereocenters. The Morgan fingerprint density at radius 3 is 2.43 bits per heavy atom. The van der Waals surface area contributed by atoms with E-state index in [1.165, 1.54) is 16.3 Å². The fraction of sp³-hybridized carbons (Fsp3) is 0.167. The molecule has 0 saturated carbocycles. The largest absolute Gasteiger partial charge is 0.330 e. The van der Waals surface area contributed by atoms with Gasteiger partial charge >= 0.3 is 0 Å². The van der Waals surface area contributed by atoms with E-state index in [9.17, 15) is 0 Å². The topological polar surface area (TPSA) is 26.0 Å². The van der Waals surface area contributed by atoms with Crippen LogP contribution in [0.15, 0.2) is 40.9 Å². The van der Waals surface area contributed by atoms with Gasteiger partial charge < -0.3 is 5.73 Å². The first-order chi connectivity index (χ1) is 6.83. The Kier molecular flexibility index (Phi) is 2.85. The van der Waals surface area contributed by atoms with Crippen molar-refractivity contribution in [3.63, 3.8) is 0 Å². The molecule has 1 nitrogen and oxygen atoms in total. The van der Waals surface area contributed by atoms with Crippen molar-refractivity contribution in [2.75, 3.05) is 6.54 Å². The number of benzene rings is 2. The minimum absolute atomic E-state index is 0.700. The van der Waals surface area contributed by atoms with E-state index >= 15 is 0 Å². The lowest BCUT2D eigenvalue weighted by Crippen LogP contribution is -2.03. The molecular formula is C12H12BrN. The average Bonchev–Trinajstić information content (AvgIpc) is 2.23. The molecule has 2 aromatic rings. The molecule has 0 heterocycles. The lowest BCUT2D eigenvalue weighted by molar-refractivity contribution is 0.977. The molecule has 2 rings (SSSR count). The Hall–Kier alpha value is -0.860. The van der Waals surface area contributed by atoms with E-state index < -0.39 is 0 Å². The van der Waals surface area contributed by atoms with Gasteiger partial charge in [-0.2, -0.15) is 0 Å². The predicted octanol–water partition coefficient (Wildman–Crippen LogP) is 3.10. The third-order valence-corrected chi connectivity index (χ3v) is 3.07. The van der Waals surface area contributed by atoms with Crippen molar-refractivity contribution in [2.24, 2.45) is 5.73 Å². The fourth-order valence-electron chi connectivity index (χ4n) is 1.70. The number of nitrogens with two attached hydrogens (primary N) is 1. The van der Waals surface area contributed by atoms with Gasteiger partial charge in [-0.15, -0.1) is 0 Å². The molecule has 2 N–H and O–H groups in total. The Morgan fingerprint density at radius 2 is 1.71 bits per heavy atom. The summed E-state index contributed by atoms with van der Waals surface area (Å²) in [5.74, 6) is 0. The summed E-state index contributed by atoms with van der Waals surface area (Å²) >= 11 is 3.55. The highest BCUT2D eigenvalue weighted by Crippen LogP contribution is 2.26. The van der Waals surface area contributed by atoms with Crippen LogP contribution in [0.25, 0.3) is 10.8 Å². The molecule has 0 saturated heterocycles. The van der Waals surface area contributed by atoms with Crippen LogP contribution in [0.1, 0.15) is 5.56 Å². The molecule has 0 aromatic heterocycles. The molecular weight excluding hydrogens is 238 g/mol. The van der Waals surface area contributed by atoms with E-state index in [0.29, 0.717) is 6.54 Å². The third kappa shape index (κ3) is 1.68. The molecule has 0 radical (unpaired) electrons. The molecule has 0 aliphatic heterocycles. The number of hydrogen-bond donors (Lipinski definition) is 1. The maximum absolute atomic E-state index is 5.58. The minimum Gasteiger partial charge on any atom is -0.330 e. The van der Waals surface area contributed by atoms with E-state index in [4.69, 9.17) is 5.73 Å². The second-order valence-electron chi connectivity index (χ2n) is 3.29.